The van der Waals surface area contributed by atoms with Crippen molar-refractivity contribution < 1.29 is 15.4 Å². The lowest BCUT2D eigenvalue weighted by Crippen LogP contribution is -2.34. The Labute approximate surface area is 179 Å². The monoisotopic (exact) mass is 487 g/mol. The van der Waals surface area contributed by atoms with Crippen LogP contribution in [0.3, 0.4) is 0 Å². The molecular weight excluding hydrogens is 473 g/mol. The number of hydrogen-bond acceptors (Lipinski definition) is 4. The molecule has 1 unspecified atom stereocenters. The molecule has 0 fully saturated rings. The molecule has 1 heterocycles. The van der Waals surface area contributed by atoms with Crippen molar-refractivity contribution in [2.24, 2.45) is 0 Å². The number of aliphatic hydroxyl groups is 1. The Morgan fingerprint density at radius 3 is 2.32 bits per heavy atom. The first-order valence-electron chi connectivity index (χ1n) is 7.91. The molecule has 1 aromatic heterocycles. The van der Waals surface area contributed by atoms with Crippen LogP contribution < -0.4 is 0 Å². The van der Waals surface area contributed by atoms with E-state index in [1.165, 1.54) is 0 Å². The molecule has 0 aliphatic rings. The number of nitrogens with zero attached hydrogens (tertiary/aromatic N) is 3. The molecule has 28 heavy (non-hydrogen) atoms. The third-order valence-corrected chi connectivity index (χ3v) is 4.99. The van der Waals surface area contributed by atoms with Crippen molar-refractivity contribution in [3.05, 3.63) is 96.9 Å². The normalized spacial score (nSPS) is 12.6. The van der Waals surface area contributed by atoms with Crippen molar-refractivity contribution in [1.82, 2.24) is 9.55 Å². The minimum absolute atomic E-state index is 0.371. The first-order chi connectivity index (χ1) is 13.2. The molecule has 0 aliphatic carbocycles. The number of benzene rings is 2. The Balaban J connectivity index is 0.000000640. The van der Waals surface area contributed by atoms with Gasteiger partial charge in [-0.3, -0.25) is 0 Å². The second-order valence-electron chi connectivity index (χ2n) is 5.93. The van der Waals surface area contributed by atoms with Gasteiger partial charge in [0.05, 0.1) is 12.9 Å². The lowest BCUT2D eigenvalue weighted by Gasteiger charge is -2.30. The second-order valence-corrected chi connectivity index (χ2v) is 7.66. The van der Waals surface area contributed by atoms with Gasteiger partial charge in [0.1, 0.15) is 5.60 Å². The molecule has 0 saturated carbocycles. The standard InChI is InChI=1S/C18H15BrCl2N2O.HNO3/c19-17-9-15(21)5-6-16(17)18(24,11-23-8-7-22-12-23)10-13-1-3-14(20)4-2-13;2-1(3)4/h1-9,12,24H,10-11H2;(H,2,3,4). The van der Waals surface area contributed by atoms with E-state index in [0.717, 1.165) is 15.6 Å². The molecule has 0 amide bonds. The summed E-state index contributed by atoms with van der Waals surface area (Å²) in [6, 6.07) is 12.9. The molecular formula is C18H16BrCl2N3O4. The molecule has 148 valence electrons. The first-order valence-corrected chi connectivity index (χ1v) is 9.46. The summed E-state index contributed by atoms with van der Waals surface area (Å²) in [5.41, 5.74) is 0.636. The first kappa shape index (κ1) is 22.2. The second kappa shape index (κ2) is 9.88. The van der Waals surface area contributed by atoms with Crippen LogP contribution in [0.2, 0.25) is 10.0 Å². The van der Waals surface area contributed by atoms with Crippen molar-refractivity contribution in [2.45, 2.75) is 18.6 Å². The zero-order valence-corrected chi connectivity index (χ0v) is 17.5. The molecule has 0 radical (unpaired) electrons. The minimum Gasteiger partial charge on any atom is -0.383 e. The summed E-state index contributed by atoms with van der Waals surface area (Å²) in [4.78, 5) is 12.4. The fraction of sp³-hybridized carbons (Fsp3) is 0.167. The van der Waals surface area contributed by atoms with Gasteiger partial charge in [0.2, 0.25) is 0 Å². The summed E-state index contributed by atoms with van der Waals surface area (Å²) in [6.07, 6.45) is 5.65. The van der Waals surface area contributed by atoms with Gasteiger partial charge in [0, 0.05) is 33.3 Å². The maximum atomic E-state index is 11.5. The smallest absolute Gasteiger partial charge is 0.291 e. The molecule has 0 saturated heterocycles. The summed E-state index contributed by atoms with van der Waals surface area (Å²) in [7, 11) is 0. The highest BCUT2D eigenvalue weighted by atomic mass is 79.9. The lowest BCUT2D eigenvalue weighted by molar-refractivity contribution is -0.742. The van der Waals surface area contributed by atoms with Gasteiger partial charge in [-0.1, -0.05) is 57.3 Å². The third kappa shape index (κ3) is 6.49. The Hall–Kier alpha value is -2.13. The molecule has 2 aromatic carbocycles. The van der Waals surface area contributed by atoms with Gasteiger partial charge >= 0.3 is 0 Å². The van der Waals surface area contributed by atoms with E-state index >= 15 is 0 Å². The average Bonchev–Trinajstić information content (AvgIpc) is 3.09. The van der Waals surface area contributed by atoms with Gasteiger partial charge in [-0.05, 0) is 35.4 Å². The lowest BCUT2D eigenvalue weighted by atomic mass is 9.87. The molecule has 10 heteroatoms. The third-order valence-electron chi connectivity index (χ3n) is 3.85. The van der Waals surface area contributed by atoms with Crippen LogP contribution in [-0.2, 0) is 18.6 Å². The fourth-order valence-electron chi connectivity index (χ4n) is 2.73. The van der Waals surface area contributed by atoms with Crippen LogP contribution >= 0.6 is 39.1 Å². The van der Waals surface area contributed by atoms with Crippen molar-refractivity contribution >= 4 is 39.1 Å². The van der Waals surface area contributed by atoms with Crippen molar-refractivity contribution in [1.29, 1.82) is 0 Å². The van der Waals surface area contributed by atoms with Gasteiger partial charge in [-0.25, -0.2) is 4.98 Å². The van der Waals surface area contributed by atoms with Crippen LogP contribution in [0, 0.1) is 10.1 Å². The van der Waals surface area contributed by atoms with E-state index in [1.54, 1.807) is 24.7 Å². The molecule has 2 N–H and O–H groups in total. The summed E-state index contributed by atoms with van der Waals surface area (Å²) in [5.74, 6) is 0. The highest BCUT2D eigenvalue weighted by molar-refractivity contribution is 9.10. The largest absolute Gasteiger partial charge is 0.383 e. The molecule has 3 rings (SSSR count). The Morgan fingerprint density at radius 2 is 1.79 bits per heavy atom. The van der Waals surface area contributed by atoms with Gasteiger partial charge in [-0.15, -0.1) is 10.1 Å². The minimum atomic E-state index is -1.50. The Bertz CT molecular complexity index is 919. The highest BCUT2D eigenvalue weighted by Gasteiger charge is 2.32. The molecule has 7 nitrogen and oxygen atoms in total. The molecule has 0 aliphatic heterocycles. The topological polar surface area (TPSA) is 101 Å². The number of imidazole rings is 1. The maximum absolute atomic E-state index is 11.5. The number of aromatic nitrogens is 2. The predicted molar refractivity (Wildman–Crippen MR) is 109 cm³/mol. The summed E-state index contributed by atoms with van der Waals surface area (Å²) in [6.45, 7) is 0.371. The summed E-state index contributed by atoms with van der Waals surface area (Å²) in [5, 5.41) is 26.4. The fourth-order valence-corrected chi connectivity index (χ4v) is 3.90. The zero-order valence-electron chi connectivity index (χ0n) is 14.4. The van der Waals surface area contributed by atoms with Crippen LogP contribution in [-0.4, -0.2) is 25.0 Å². The SMILES string of the molecule is O=[N+]([O-])O.OC(Cc1ccc(Cl)cc1)(Cn1ccnc1)c1ccc(Cl)cc1Br. The quantitative estimate of drug-likeness (QED) is 0.399. The number of rotatable bonds is 5. The van der Waals surface area contributed by atoms with Crippen LogP contribution in [0.1, 0.15) is 11.1 Å². The zero-order chi connectivity index (χ0) is 20.7. The van der Waals surface area contributed by atoms with E-state index in [2.05, 4.69) is 20.9 Å². The Morgan fingerprint density at radius 1 is 1.18 bits per heavy atom. The van der Waals surface area contributed by atoms with Crippen molar-refractivity contribution in [3.8, 4) is 0 Å². The maximum Gasteiger partial charge on any atom is 0.291 e. The number of hydrogen-bond donors (Lipinski definition) is 2. The predicted octanol–water partition coefficient (Wildman–Crippen LogP) is 4.74. The van der Waals surface area contributed by atoms with Crippen molar-refractivity contribution in [3.63, 3.8) is 0 Å². The van der Waals surface area contributed by atoms with Gasteiger partial charge < -0.3 is 14.9 Å². The van der Waals surface area contributed by atoms with Gasteiger partial charge in [-0.2, -0.15) is 0 Å². The van der Waals surface area contributed by atoms with Gasteiger partial charge in [0.15, 0.2) is 0 Å². The molecule has 1 atom stereocenters. The highest BCUT2D eigenvalue weighted by Crippen LogP contribution is 2.35. The van der Waals surface area contributed by atoms with E-state index in [9.17, 15) is 5.11 Å². The van der Waals surface area contributed by atoms with E-state index in [-0.39, 0.29) is 0 Å². The van der Waals surface area contributed by atoms with Crippen LogP contribution in [0.5, 0.6) is 0 Å². The summed E-state index contributed by atoms with van der Waals surface area (Å²) >= 11 is 15.5. The van der Waals surface area contributed by atoms with E-state index < -0.39 is 10.7 Å². The van der Waals surface area contributed by atoms with Crippen molar-refractivity contribution in [2.75, 3.05) is 0 Å². The molecule has 0 spiro atoms. The Kier molecular flexibility index (Phi) is 7.82. The average molecular weight is 489 g/mol. The van der Waals surface area contributed by atoms with E-state index in [4.69, 9.17) is 38.5 Å². The number of halogens is 3. The van der Waals surface area contributed by atoms with Crippen LogP contribution in [0.25, 0.3) is 0 Å². The summed E-state index contributed by atoms with van der Waals surface area (Å²) < 4.78 is 2.63. The van der Waals surface area contributed by atoms with Crippen LogP contribution in [0.4, 0.5) is 0 Å². The van der Waals surface area contributed by atoms with E-state index in [1.807, 2.05) is 41.1 Å². The van der Waals surface area contributed by atoms with E-state index in [0.29, 0.717) is 23.0 Å². The molecule has 0 bridgehead atoms. The van der Waals surface area contributed by atoms with Gasteiger partial charge in [0.25, 0.3) is 5.09 Å². The van der Waals surface area contributed by atoms with Crippen LogP contribution in [0.15, 0.2) is 65.7 Å². The molecule has 3 aromatic rings.